The molecule has 132 valence electrons. The largest absolute Gasteiger partial charge is 0.381 e. The van der Waals surface area contributed by atoms with E-state index >= 15 is 0 Å². The number of hydrogen-bond acceptors (Lipinski definition) is 4. The minimum absolute atomic E-state index is 0.0336. The van der Waals surface area contributed by atoms with Crippen LogP contribution in [-0.4, -0.2) is 24.1 Å². The zero-order chi connectivity index (χ0) is 17.3. The Morgan fingerprint density at radius 1 is 1.28 bits per heavy atom. The van der Waals surface area contributed by atoms with Crippen molar-refractivity contribution >= 4 is 22.2 Å². The Hall–Kier alpha value is -1.79. The normalized spacial score (nSPS) is 19.6. The number of aromatic nitrogens is 1. The van der Waals surface area contributed by atoms with Crippen LogP contribution >= 0.6 is 11.3 Å². The molecule has 0 radical (unpaired) electrons. The lowest BCUT2D eigenvalue weighted by Gasteiger charge is -2.35. The van der Waals surface area contributed by atoms with Crippen molar-refractivity contribution in [3.05, 3.63) is 46.9 Å². The lowest BCUT2D eigenvalue weighted by Crippen LogP contribution is -2.42. The van der Waals surface area contributed by atoms with Crippen LogP contribution in [0.15, 0.2) is 29.8 Å². The monoisotopic (exact) mass is 360 g/mol. The number of nitrogens with zero attached hydrogens (tertiary/aromatic N) is 1. The molecule has 2 aromatic rings. The van der Waals surface area contributed by atoms with E-state index in [2.05, 4.69) is 10.3 Å². The predicted octanol–water partition coefficient (Wildman–Crippen LogP) is 4.14. The summed E-state index contributed by atoms with van der Waals surface area (Å²) in [7, 11) is 0. The van der Waals surface area contributed by atoms with Crippen molar-refractivity contribution in [3.8, 4) is 0 Å². The van der Waals surface area contributed by atoms with Gasteiger partial charge < -0.3 is 10.1 Å². The fraction of sp³-hybridized carbons (Fsp3) is 0.474. The second-order valence-corrected chi connectivity index (χ2v) is 7.85. The van der Waals surface area contributed by atoms with Crippen molar-refractivity contribution in [1.82, 2.24) is 4.98 Å². The van der Waals surface area contributed by atoms with E-state index in [-0.39, 0.29) is 11.7 Å². The first-order valence-corrected chi connectivity index (χ1v) is 9.61. The number of benzene rings is 1. The molecule has 0 atom stereocenters. The standard InChI is InChI=1S/C19H21FN2O2S/c20-15-5-1-13(2-6-15)11-19(7-9-24-10-8-19)18(23)22-17-16(14-3-4-14)21-12-25-17/h1-2,5-6,12,14H,3-4,7-11H2,(H,22,23). The fourth-order valence-corrected chi connectivity index (χ4v) is 4.23. The highest BCUT2D eigenvalue weighted by Crippen LogP contribution is 2.45. The summed E-state index contributed by atoms with van der Waals surface area (Å²) in [6.45, 7) is 1.15. The molecule has 4 nitrogen and oxygen atoms in total. The van der Waals surface area contributed by atoms with Crippen LogP contribution in [0.3, 0.4) is 0 Å². The number of carbonyl (C=O) groups is 1. The second-order valence-electron chi connectivity index (χ2n) is 6.99. The average molecular weight is 360 g/mol. The van der Waals surface area contributed by atoms with E-state index in [0.29, 0.717) is 38.4 Å². The van der Waals surface area contributed by atoms with Crippen LogP contribution < -0.4 is 5.32 Å². The van der Waals surface area contributed by atoms with E-state index in [1.165, 1.54) is 23.5 Å². The minimum Gasteiger partial charge on any atom is -0.381 e. The van der Waals surface area contributed by atoms with E-state index in [9.17, 15) is 9.18 Å². The van der Waals surface area contributed by atoms with Gasteiger partial charge in [-0.1, -0.05) is 12.1 Å². The van der Waals surface area contributed by atoms with Crippen LogP contribution in [0.2, 0.25) is 0 Å². The van der Waals surface area contributed by atoms with Gasteiger partial charge in [0.2, 0.25) is 5.91 Å². The molecule has 1 aliphatic heterocycles. The van der Waals surface area contributed by atoms with Gasteiger partial charge in [0, 0.05) is 19.1 Å². The van der Waals surface area contributed by atoms with Gasteiger partial charge in [-0.05, 0) is 49.8 Å². The van der Waals surface area contributed by atoms with Gasteiger partial charge in [-0.25, -0.2) is 9.37 Å². The molecule has 25 heavy (non-hydrogen) atoms. The highest BCUT2D eigenvalue weighted by Gasteiger charge is 2.41. The third-order valence-corrected chi connectivity index (χ3v) is 5.93. The van der Waals surface area contributed by atoms with Crippen LogP contribution in [0.5, 0.6) is 0 Å². The van der Waals surface area contributed by atoms with E-state index < -0.39 is 5.41 Å². The zero-order valence-corrected chi connectivity index (χ0v) is 14.8. The van der Waals surface area contributed by atoms with Crippen molar-refractivity contribution in [2.75, 3.05) is 18.5 Å². The number of amides is 1. The molecule has 0 unspecified atom stereocenters. The quantitative estimate of drug-likeness (QED) is 0.872. The van der Waals surface area contributed by atoms with Crippen LogP contribution in [0.4, 0.5) is 9.39 Å². The molecule has 2 fully saturated rings. The predicted molar refractivity (Wildman–Crippen MR) is 95.3 cm³/mol. The SMILES string of the molecule is O=C(Nc1scnc1C1CC1)C1(Cc2ccc(F)cc2)CCOCC1. The minimum atomic E-state index is -0.513. The summed E-state index contributed by atoms with van der Waals surface area (Å²) in [5.74, 6) is 0.281. The molecule has 2 aliphatic rings. The summed E-state index contributed by atoms with van der Waals surface area (Å²) in [5, 5.41) is 4.03. The lowest BCUT2D eigenvalue weighted by atomic mass is 9.74. The van der Waals surface area contributed by atoms with E-state index in [0.717, 1.165) is 29.1 Å². The number of thiazole rings is 1. The smallest absolute Gasteiger partial charge is 0.231 e. The number of carbonyl (C=O) groups excluding carboxylic acids is 1. The summed E-state index contributed by atoms with van der Waals surface area (Å²) in [6, 6.07) is 6.44. The first-order chi connectivity index (χ1) is 12.2. The van der Waals surface area contributed by atoms with Crippen LogP contribution in [-0.2, 0) is 16.0 Å². The third kappa shape index (κ3) is 3.60. The molecule has 1 aliphatic carbocycles. The maximum Gasteiger partial charge on any atom is 0.231 e. The average Bonchev–Trinajstić information content (AvgIpc) is 3.37. The topological polar surface area (TPSA) is 51.2 Å². The molecule has 4 rings (SSSR count). The molecule has 1 amide bonds. The summed E-state index contributed by atoms with van der Waals surface area (Å²) >= 11 is 1.49. The molecular weight excluding hydrogens is 339 g/mol. The molecule has 0 bridgehead atoms. The van der Waals surface area contributed by atoms with Gasteiger partial charge in [-0.3, -0.25) is 4.79 Å². The number of halogens is 1. The van der Waals surface area contributed by atoms with Gasteiger partial charge in [-0.15, -0.1) is 11.3 Å². The summed E-state index contributed by atoms with van der Waals surface area (Å²) in [5.41, 5.74) is 3.30. The summed E-state index contributed by atoms with van der Waals surface area (Å²) < 4.78 is 18.7. The van der Waals surface area contributed by atoms with Crippen LogP contribution in [0, 0.1) is 11.2 Å². The first-order valence-electron chi connectivity index (χ1n) is 8.73. The number of anilines is 1. The van der Waals surface area contributed by atoms with Crippen LogP contribution in [0.1, 0.15) is 42.9 Å². The van der Waals surface area contributed by atoms with Crippen molar-refractivity contribution in [2.45, 2.75) is 38.0 Å². The Bertz CT molecular complexity index is 749. The lowest BCUT2D eigenvalue weighted by molar-refractivity contribution is -0.131. The van der Waals surface area contributed by atoms with Gasteiger partial charge in [0.1, 0.15) is 10.8 Å². The van der Waals surface area contributed by atoms with Gasteiger partial charge in [0.15, 0.2) is 0 Å². The molecule has 0 spiro atoms. The fourth-order valence-electron chi connectivity index (χ4n) is 3.47. The maximum atomic E-state index is 13.2. The van der Waals surface area contributed by atoms with E-state index in [1.807, 2.05) is 0 Å². The highest BCUT2D eigenvalue weighted by molar-refractivity contribution is 7.14. The summed E-state index contributed by atoms with van der Waals surface area (Å²) in [4.78, 5) is 17.6. The zero-order valence-electron chi connectivity index (χ0n) is 14.0. The van der Waals surface area contributed by atoms with E-state index in [1.54, 1.807) is 17.6 Å². The Balaban J connectivity index is 1.55. The first kappa shape index (κ1) is 16.7. The third-order valence-electron chi connectivity index (χ3n) is 5.17. The number of nitrogens with one attached hydrogen (secondary N) is 1. The molecule has 1 saturated carbocycles. The molecule has 1 saturated heterocycles. The number of rotatable bonds is 5. The summed E-state index contributed by atoms with van der Waals surface area (Å²) in [6.07, 6.45) is 4.25. The Kier molecular flexibility index (Phi) is 4.56. The van der Waals surface area contributed by atoms with Crippen molar-refractivity contribution in [1.29, 1.82) is 0 Å². The Morgan fingerprint density at radius 2 is 2.00 bits per heavy atom. The number of ether oxygens (including phenoxy) is 1. The van der Waals surface area contributed by atoms with Crippen LogP contribution in [0.25, 0.3) is 0 Å². The molecule has 2 heterocycles. The molecule has 1 aromatic carbocycles. The van der Waals surface area contributed by atoms with E-state index in [4.69, 9.17) is 4.74 Å². The van der Waals surface area contributed by atoms with Gasteiger partial charge in [0.25, 0.3) is 0 Å². The van der Waals surface area contributed by atoms with Gasteiger partial charge in [0.05, 0.1) is 16.6 Å². The van der Waals surface area contributed by atoms with Crippen molar-refractivity contribution in [3.63, 3.8) is 0 Å². The second kappa shape index (κ2) is 6.84. The molecule has 1 aromatic heterocycles. The number of hydrogen-bond donors (Lipinski definition) is 1. The maximum absolute atomic E-state index is 13.2. The Labute approximate surface area is 150 Å². The molecule has 1 N–H and O–H groups in total. The molecular formula is C19H21FN2O2S. The van der Waals surface area contributed by atoms with Crippen molar-refractivity contribution < 1.29 is 13.9 Å². The Morgan fingerprint density at radius 3 is 2.68 bits per heavy atom. The van der Waals surface area contributed by atoms with Crippen molar-refractivity contribution in [2.24, 2.45) is 5.41 Å². The van der Waals surface area contributed by atoms with Gasteiger partial charge in [-0.2, -0.15) is 0 Å². The highest BCUT2D eigenvalue weighted by atomic mass is 32.1. The van der Waals surface area contributed by atoms with Gasteiger partial charge >= 0.3 is 0 Å². The molecule has 6 heteroatoms.